The zero-order valence-corrected chi connectivity index (χ0v) is 17.9. The predicted octanol–water partition coefficient (Wildman–Crippen LogP) is 5.29. The van der Waals surface area contributed by atoms with E-state index in [2.05, 4.69) is 16.4 Å². The van der Waals surface area contributed by atoms with Crippen LogP contribution in [-0.2, 0) is 4.79 Å². The minimum absolute atomic E-state index is 0.163. The number of nitro benzene ring substituents is 1. The number of nitrogens with one attached hydrogen (secondary N) is 1. The third kappa shape index (κ3) is 5.20. The van der Waals surface area contributed by atoms with Crippen LogP contribution in [0.2, 0.25) is 0 Å². The van der Waals surface area contributed by atoms with Gasteiger partial charge in [-0.1, -0.05) is 30.3 Å². The van der Waals surface area contributed by atoms with Gasteiger partial charge in [-0.25, -0.2) is 4.98 Å². The van der Waals surface area contributed by atoms with Crippen LogP contribution in [0.15, 0.2) is 72.8 Å². The first-order valence-electron chi connectivity index (χ1n) is 9.77. The molecule has 0 bridgehead atoms. The number of rotatable bonds is 7. The lowest BCUT2D eigenvalue weighted by molar-refractivity contribution is -0.384. The highest BCUT2D eigenvalue weighted by Gasteiger charge is 2.15. The molecule has 0 aliphatic rings. The third-order valence-electron chi connectivity index (χ3n) is 4.57. The predicted molar refractivity (Wildman–Crippen MR) is 127 cm³/mol. The number of ether oxygens (including phenoxy) is 1. The summed E-state index contributed by atoms with van der Waals surface area (Å²) in [7, 11) is 0. The Bertz CT molecular complexity index is 1370. The molecular weight excluding hydrogens is 440 g/mol. The van der Waals surface area contributed by atoms with E-state index in [0.29, 0.717) is 16.3 Å². The summed E-state index contributed by atoms with van der Waals surface area (Å²) in [5.41, 5.74) is 1.75. The number of non-ortho nitro benzene ring substituents is 1. The van der Waals surface area contributed by atoms with Crippen LogP contribution in [0.1, 0.15) is 10.6 Å². The molecule has 0 aliphatic carbocycles. The fraction of sp³-hybridized carbons (Fsp3) is 0.0417. The van der Waals surface area contributed by atoms with Gasteiger partial charge in [-0.15, -0.1) is 11.3 Å². The highest BCUT2D eigenvalue weighted by Crippen LogP contribution is 2.31. The molecule has 0 unspecified atom stereocenters. The summed E-state index contributed by atoms with van der Waals surface area (Å²) in [6, 6.07) is 22.5. The number of anilines is 1. The summed E-state index contributed by atoms with van der Waals surface area (Å²) >= 11 is 1.34. The molecule has 0 aliphatic heterocycles. The average Bonchev–Trinajstić information content (AvgIpc) is 3.26. The Labute approximate surface area is 192 Å². The molecule has 1 heterocycles. The van der Waals surface area contributed by atoms with Gasteiger partial charge in [0.05, 0.1) is 20.7 Å². The lowest BCUT2D eigenvalue weighted by Gasteiger charge is -2.10. The van der Waals surface area contributed by atoms with E-state index in [0.717, 1.165) is 10.2 Å². The van der Waals surface area contributed by atoms with Crippen molar-refractivity contribution in [3.8, 4) is 11.8 Å². The maximum Gasteiger partial charge on any atom is 0.270 e. The molecule has 8 nitrogen and oxygen atoms in total. The number of carbonyl (C=O) groups excluding carboxylic acids is 1. The van der Waals surface area contributed by atoms with Gasteiger partial charge in [0, 0.05) is 23.4 Å². The molecule has 1 N–H and O–H groups in total. The van der Waals surface area contributed by atoms with Crippen molar-refractivity contribution in [2.45, 2.75) is 0 Å². The van der Waals surface area contributed by atoms with Crippen LogP contribution in [0.3, 0.4) is 0 Å². The van der Waals surface area contributed by atoms with E-state index >= 15 is 0 Å². The number of amides is 1. The molecule has 0 radical (unpaired) electrons. The van der Waals surface area contributed by atoms with Gasteiger partial charge < -0.3 is 10.1 Å². The Balaban J connectivity index is 1.62. The largest absolute Gasteiger partial charge is 0.483 e. The first kappa shape index (κ1) is 21.7. The fourth-order valence-electron chi connectivity index (χ4n) is 3.04. The van der Waals surface area contributed by atoms with Crippen molar-refractivity contribution < 1.29 is 14.5 Å². The molecule has 1 aromatic heterocycles. The van der Waals surface area contributed by atoms with Crippen molar-refractivity contribution in [1.29, 1.82) is 5.26 Å². The number of carbonyl (C=O) groups is 1. The molecule has 1 amide bonds. The van der Waals surface area contributed by atoms with Crippen LogP contribution >= 0.6 is 11.3 Å². The van der Waals surface area contributed by atoms with Crippen LogP contribution in [0, 0.1) is 21.4 Å². The minimum atomic E-state index is -0.535. The Morgan fingerprint density at radius 1 is 1.15 bits per heavy atom. The molecule has 33 heavy (non-hydrogen) atoms. The number of para-hydroxylation sites is 2. The number of benzene rings is 3. The molecule has 162 valence electrons. The zero-order valence-electron chi connectivity index (χ0n) is 17.1. The monoisotopic (exact) mass is 456 g/mol. The maximum atomic E-state index is 12.3. The summed E-state index contributed by atoms with van der Waals surface area (Å²) in [6.07, 6.45) is 1.48. The van der Waals surface area contributed by atoms with Gasteiger partial charge in [0.15, 0.2) is 6.61 Å². The maximum absolute atomic E-state index is 12.3. The molecule has 4 rings (SSSR count). The standard InChI is InChI=1S/C24H16N4O4S/c25-14-17(24-27-20-8-4-5-9-22(20)33-24)12-16-13-19(28(30)31)10-11-21(16)32-15-23(29)26-18-6-2-1-3-7-18/h1-13H,15H2,(H,26,29). The van der Waals surface area contributed by atoms with E-state index in [1.807, 2.05) is 30.3 Å². The van der Waals surface area contributed by atoms with E-state index in [1.54, 1.807) is 24.3 Å². The Morgan fingerprint density at radius 2 is 1.91 bits per heavy atom. The van der Waals surface area contributed by atoms with Crippen molar-refractivity contribution in [3.05, 3.63) is 93.5 Å². The molecule has 0 saturated carbocycles. The second kappa shape index (κ2) is 9.72. The number of nitrogens with zero attached hydrogens (tertiary/aromatic N) is 3. The van der Waals surface area contributed by atoms with Crippen molar-refractivity contribution in [3.63, 3.8) is 0 Å². The smallest absolute Gasteiger partial charge is 0.270 e. The number of nitriles is 1. The van der Waals surface area contributed by atoms with Crippen LogP contribution in [0.25, 0.3) is 21.9 Å². The van der Waals surface area contributed by atoms with Gasteiger partial charge in [-0.2, -0.15) is 5.26 Å². The summed E-state index contributed by atoms with van der Waals surface area (Å²) in [5.74, 6) is -0.154. The molecule has 4 aromatic rings. The molecular formula is C24H16N4O4S. The summed E-state index contributed by atoms with van der Waals surface area (Å²) in [6.45, 7) is -0.309. The van der Waals surface area contributed by atoms with Gasteiger partial charge in [-0.05, 0) is 36.4 Å². The van der Waals surface area contributed by atoms with Crippen LogP contribution in [0.4, 0.5) is 11.4 Å². The minimum Gasteiger partial charge on any atom is -0.483 e. The van der Waals surface area contributed by atoms with Crippen molar-refractivity contribution >= 4 is 50.5 Å². The number of fused-ring (bicyclic) bond motifs is 1. The Morgan fingerprint density at radius 3 is 2.64 bits per heavy atom. The average molecular weight is 456 g/mol. The van der Waals surface area contributed by atoms with Crippen LogP contribution in [0.5, 0.6) is 5.75 Å². The summed E-state index contributed by atoms with van der Waals surface area (Å²) < 4.78 is 6.56. The number of hydrogen-bond acceptors (Lipinski definition) is 7. The number of thiazole rings is 1. The molecule has 9 heteroatoms. The molecule has 0 saturated heterocycles. The highest BCUT2D eigenvalue weighted by molar-refractivity contribution is 7.19. The van der Waals surface area contributed by atoms with E-state index in [1.165, 1.54) is 35.6 Å². The van der Waals surface area contributed by atoms with E-state index in [-0.39, 0.29) is 29.5 Å². The van der Waals surface area contributed by atoms with Gasteiger partial charge in [0.25, 0.3) is 11.6 Å². The summed E-state index contributed by atoms with van der Waals surface area (Å²) in [4.78, 5) is 27.5. The van der Waals surface area contributed by atoms with Crippen molar-refractivity contribution in [2.24, 2.45) is 0 Å². The van der Waals surface area contributed by atoms with Crippen LogP contribution in [-0.4, -0.2) is 22.4 Å². The third-order valence-corrected chi connectivity index (χ3v) is 5.63. The number of nitro groups is 1. The first-order valence-corrected chi connectivity index (χ1v) is 10.6. The second-order valence-corrected chi connectivity index (χ2v) is 7.87. The Hall–Kier alpha value is -4.55. The topological polar surface area (TPSA) is 118 Å². The molecule has 0 atom stereocenters. The summed E-state index contributed by atoms with van der Waals surface area (Å²) in [5, 5.41) is 24.2. The number of allylic oxidation sites excluding steroid dienone is 1. The Kier molecular flexibility index (Phi) is 6.38. The highest BCUT2D eigenvalue weighted by atomic mass is 32.1. The van der Waals surface area contributed by atoms with Gasteiger partial charge in [-0.3, -0.25) is 14.9 Å². The van der Waals surface area contributed by atoms with E-state index in [9.17, 15) is 20.2 Å². The van der Waals surface area contributed by atoms with E-state index < -0.39 is 4.92 Å². The SMILES string of the molecule is N#CC(=Cc1cc([N+](=O)[O-])ccc1OCC(=O)Nc1ccccc1)c1nc2ccccc2s1. The van der Waals surface area contributed by atoms with Crippen molar-refractivity contribution in [2.75, 3.05) is 11.9 Å². The second-order valence-electron chi connectivity index (χ2n) is 6.84. The number of aromatic nitrogens is 1. The van der Waals surface area contributed by atoms with Gasteiger partial charge >= 0.3 is 0 Å². The first-order chi connectivity index (χ1) is 16.0. The quantitative estimate of drug-likeness (QED) is 0.229. The van der Waals surface area contributed by atoms with Crippen LogP contribution < -0.4 is 10.1 Å². The zero-order chi connectivity index (χ0) is 23.2. The lowest BCUT2D eigenvalue weighted by Crippen LogP contribution is -2.20. The lowest BCUT2D eigenvalue weighted by atomic mass is 10.1. The molecule has 0 spiro atoms. The van der Waals surface area contributed by atoms with Gasteiger partial charge in [0.1, 0.15) is 16.8 Å². The number of hydrogen-bond donors (Lipinski definition) is 1. The van der Waals surface area contributed by atoms with Crippen molar-refractivity contribution in [1.82, 2.24) is 4.98 Å². The normalized spacial score (nSPS) is 11.1. The van der Waals surface area contributed by atoms with E-state index in [4.69, 9.17) is 4.74 Å². The molecule has 0 fully saturated rings. The fourth-order valence-corrected chi connectivity index (χ4v) is 3.97. The molecule has 3 aromatic carbocycles. The van der Waals surface area contributed by atoms with Gasteiger partial charge in [0.2, 0.25) is 0 Å².